The van der Waals surface area contributed by atoms with E-state index in [-0.39, 0.29) is 5.56 Å². The van der Waals surface area contributed by atoms with Gasteiger partial charge in [-0.25, -0.2) is 4.79 Å². The van der Waals surface area contributed by atoms with Gasteiger partial charge in [-0.15, -0.1) is 0 Å². The minimum absolute atomic E-state index is 0.148. The number of aryl methyl sites for hydroxylation is 1. The lowest BCUT2D eigenvalue weighted by molar-refractivity contribution is 0.0696. The summed E-state index contributed by atoms with van der Waals surface area (Å²) in [6.45, 7) is 2.37. The molecule has 0 fully saturated rings. The number of furan rings is 1. The molecule has 2 aromatic rings. The molecule has 0 amide bonds. The van der Waals surface area contributed by atoms with E-state index in [0.29, 0.717) is 17.3 Å². The van der Waals surface area contributed by atoms with Crippen LogP contribution in [0.5, 0.6) is 0 Å². The molecule has 0 radical (unpaired) electrons. The number of anilines is 1. The lowest BCUT2D eigenvalue weighted by Crippen LogP contribution is -2.00. The average molecular weight is 266 g/mol. The molecule has 0 aliphatic heterocycles. The zero-order valence-electron chi connectivity index (χ0n) is 9.74. The zero-order valence-corrected chi connectivity index (χ0v) is 10.5. The molecular weight excluding hydrogens is 254 g/mol. The lowest BCUT2D eigenvalue weighted by atomic mass is 10.2. The number of hydrogen-bond acceptors (Lipinski definition) is 3. The monoisotopic (exact) mass is 265 g/mol. The maximum Gasteiger partial charge on any atom is 0.338 e. The third-order valence-electron chi connectivity index (χ3n) is 2.55. The van der Waals surface area contributed by atoms with Gasteiger partial charge in [-0.05, 0) is 30.7 Å². The van der Waals surface area contributed by atoms with E-state index in [0.717, 1.165) is 11.3 Å². The van der Waals surface area contributed by atoms with Crippen molar-refractivity contribution in [3.05, 3.63) is 52.4 Å². The number of hydrogen-bond donors (Lipinski definition) is 2. The van der Waals surface area contributed by atoms with Crippen molar-refractivity contribution < 1.29 is 14.3 Å². The first-order valence-electron chi connectivity index (χ1n) is 5.37. The number of carbonyl (C=O) groups is 1. The molecule has 0 bridgehead atoms. The Morgan fingerprint density at radius 2 is 2.22 bits per heavy atom. The summed E-state index contributed by atoms with van der Waals surface area (Å²) in [5, 5.41) is 12.6. The van der Waals surface area contributed by atoms with E-state index in [4.69, 9.17) is 21.1 Å². The van der Waals surface area contributed by atoms with Crippen LogP contribution in [-0.2, 0) is 6.54 Å². The first kappa shape index (κ1) is 12.5. The highest BCUT2D eigenvalue weighted by Gasteiger charge is 2.08. The summed E-state index contributed by atoms with van der Waals surface area (Å²) < 4.78 is 5.14. The summed E-state index contributed by atoms with van der Waals surface area (Å²) in [6.07, 6.45) is 1.23. The van der Waals surface area contributed by atoms with Gasteiger partial charge >= 0.3 is 5.97 Å². The van der Waals surface area contributed by atoms with Crippen molar-refractivity contribution in [3.63, 3.8) is 0 Å². The molecule has 2 N–H and O–H groups in total. The van der Waals surface area contributed by atoms with Gasteiger partial charge < -0.3 is 14.8 Å². The summed E-state index contributed by atoms with van der Waals surface area (Å²) in [7, 11) is 0. The Bertz CT molecular complexity index is 577. The topological polar surface area (TPSA) is 62.5 Å². The van der Waals surface area contributed by atoms with Crippen LogP contribution in [0, 0.1) is 6.92 Å². The van der Waals surface area contributed by atoms with Gasteiger partial charge in [0.1, 0.15) is 12.0 Å². The highest BCUT2D eigenvalue weighted by molar-refractivity contribution is 6.30. The van der Waals surface area contributed by atoms with E-state index in [1.165, 1.54) is 12.3 Å². The first-order chi connectivity index (χ1) is 8.56. The van der Waals surface area contributed by atoms with Gasteiger partial charge in [-0.2, -0.15) is 0 Å². The minimum Gasteiger partial charge on any atom is -0.478 e. The predicted octanol–water partition coefficient (Wildman–Crippen LogP) is 3.55. The van der Waals surface area contributed by atoms with E-state index in [1.54, 1.807) is 0 Å². The fraction of sp³-hybridized carbons (Fsp3) is 0.154. The summed E-state index contributed by atoms with van der Waals surface area (Å²) in [4.78, 5) is 10.7. The summed E-state index contributed by atoms with van der Waals surface area (Å²) in [5.41, 5.74) is 2.11. The van der Waals surface area contributed by atoms with Crippen LogP contribution in [0.3, 0.4) is 0 Å². The van der Waals surface area contributed by atoms with E-state index >= 15 is 0 Å². The Labute approximate surface area is 109 Å². The van der Waals surface area contributed by atoms with Crippen LogP contribution in [0.15, 0.2) is 34.9 Å². The number of aromatic carboxylic acids is 1. The molecule has 1 aromatic carbocycles. The highest BCUT2D eigenvalue weighted by atomic mass is 35.5. The van der Waals surface area contributed by atoms with Gasteiger partial charge in [0.25, 0.3) is 0 Å². The summed E-state index contributed by atoms with van der Waals surface area (Å²) in [5.74, 6) is -0.435. The van der Waals surface area contributed by atoms with Gasteiger partial charge in [0.15, 0.2) is 0 Å². The van der Waals surface area contributed by atoms with Gasteiger partial charge in [0.05, 0.1) is 12.1 Å². The SMILES string of the molecule is Cc1ccc(Cl)cc1NCc1cc(C(=O)O)co1. The van der Waals surface area contributed by atoms with E-state index in [9.17, 15) is 4.79 Å². The smallest absolute Gasteiger partial charge is 0.338 e. The van der Waals surface area contributed by atoms with Crippen molar-refractivity contribution in [2.24, 2.45) is 0 Å². The molecule has 18 heavy (non-hydrogen) atoms. The van der Waals surface area contributed by atoms with Crippen LogP contribution in [0.4, 0.5) is 5.69 Å². The predicted molar refractivity (Wildman–Crippen MR) is 69.2 cm³/mol. The Hall–Kier alpha value is -1.94. The standard InChI is InChI=1S/C13H12ClNO3/c1-8-2-3-10(14)5-12(8)15-6-11-4-9(7-18-11)13(16)17/h2-5,7,15H,6H2,1H3,(H,16,17). The molecule has 0 spiro atoms. The summed E-state index contributed by atoms with van der Waals surface area (Å²) >= 11 is 5.90. The first-order valence-corrected chi connectivity index (χ1v) is 5.75. The van der Waals surface area contributed by atoms with Gasteiger partial charge in [0.2, 0.25) is 0 Å². The molecule has 0 aliphatic carbocycles. The molecule has 0 aliphatic rings. The number of carboxylic acid groups (broad SMARTS) is 1. The Morgan fingerprint density at radius 3 is 2.89 bits per heavy atom. The van der Waals surface area contributed by atoms with Crippen LogP contribution in [0.1, 0.15) is 21.7 Å². The molecule has 2 rings (SSSR count). The van der Waals surface area contributed by atoms with Crippen LogP contribution in [-0.4, -0.2) is 11.1 Å². The third kappa shape index (κ3) is 2.84. The molecule has 1 aromatic heterocycles. The van der Waals surface area contributed by atoms with Crippen molar-refractivity contribution >= 4 is 23.3 Å². The number of rotatable bonds is 4. The number of halogens is 1. The maximum absolute atomic E-state index is 10.7. The highest BCUT2D eigenvalue weighted by Crippen LogP contribution is 2.21. The van der Waals surface area contributed by atoms with Crippen LogP contribution in [0.25, 0.3) is 0 Å². The molecule has 0 atom stereocenters. The van der Waals surface area contributed by atoms with E-state index in [1.807, 2.05) is 25.1 Å². The number of benzene rings is 1. The maximum atomic E-state index is 10.7. The lowest BCUT2D eigenvalue weighted by Gasteiger charge is -2.08. The van der Waals surface area contributed by atoms with Crippen LogP contribution < -0.4 is 5.32 Å². The van der Waals surface area contributed by atoms with Gasteiger partial charge in [-0.1, -0.05) is 17.7 Å². The van der Waals surface area contributed by atoms with Crippen molar-refractivity contribution in [3.8, 4) is 0 Å². The van der Waals surface area contributed by atoms with Crippen LogP contribution >= 0.6 is 11.6 Å². The fourth-order valence-corrected chi connectivity index (χ4v) is 1.72. The minimum atomic E-state index is -0.996. The molecule has 5 heteroatoms. The zero-order chi connectivity index (χ0) is 13.1. The molecule has 0 unspecified atom stereocenters. The molecule has 4 nitrogen and oxygen atoms in total. The molecular formula is C13H12ClNO3. The Morgan fingerprint density at radius 1 is 1.44 bits per heavy atom. The average Bonchev–Trinajstić information content (AvgIpc) is 2.79. The van der Waals surface area contributed by atoms with Crippen molar-refractivity contribution in [1.82, 2.24) is 0 Å². The molecule has 0 saturated carbocycles. The quantitative estimate of drug-likeness (QED) is 0.887. The van der Waals surface area contributed by atoms with Crippen molar-refractivity contribution in [2.75, 3.05) is 5.32 Å². The largest absolute Gasteiger partial charge is 0.478 e. The second-order valence-corrected chi connectivity index (χ2v) is 4.36. The Balaban J connectivity index is 2.06. The van der Waals surface area contributed by atoms with E-state index < -0.39 is 5.97 Å². The van der Waals surface area contributed by atoms with Gasteiger partial charge in [-0.3, -0.25) is 0 Å². The van der Waals surface area contributed by atoms with Crippen molar-refractivity contribution in [1.29, 1.82) is 0 Å². The number of nitrogens with one attached hydrogen (secondary N) is 1. The molecule has 1 heterocycles. The van der Waals surface area contributed by atoms with E-state index in [2.05, 4.69) is 5.32 Å². The second-order valence-electron chi connectivity index (χ2n) is 3.92. The molecule has 94 valence electrons. The second kappa shape index (κ2) is 5.14. The number of carboxylic acids is 1. The third-order valence-corrected chi connectivity index (χ3v) is 2.79. The van der Waals surface area contributed by atoms with Crippen LogP contribution in [0.2, 0.25) is 5.02 Å². The summed E-state index contributed by atoms with van der Waals surface area (Å²) in [6, 6.07) is 7.04. The van der Waals surface area contributed by atoms with Gasteiger partial charge in [0, 0.05) is 10.7 Å². The van der Waals surface area contributed by atoms with Crippen molar-refractivity contribution in [2.45, 2.75) is 13.5 Å². The normalized spacial score (nSPS) is 10.3. The molecule has 0 saturated heterocycles. The fourth-order valence-electron chi connectivity index (χ4n) is 1.55. The Kier molecular flexibility index (Phi) is 3.58.